The molecule has 1 aliphatic carbocycles. The summed E-state index contributed by atoms with van der Waals surface area (Å²) in [4.78, 5) is 11.4. The van der Waals surface area contributed by atoms with Crippen molar-refractivity contribution in [2.75, 3.05) is 0 Å². The van der Waals surface area contributed by atoms with Crippen LogP contribution in [0.4, 0.5) is 0 Å². The maximum atomic E-state index is 11.4. The van der Waals surface area contributed by atoms with Gasteiger partial charge in [-0.25, -0.2) is 0 Å². The number of ketones is 1. The van der Waals surface area contributed by atoms with Crippen LogP contribution >= 0.6 is 0 Å². The molecule has 1 aromatic heterocycles. The van der Waals surface area contributed by atoms with Gasteiger partial charge >= 0.3 is 0 Å². The second-order valence-corrected chi connectivity index (χ2v) is 3.20. The van der Waals surface area contributed by atoms with Crippen molar-refractivity contribution in [1.29, 1.82) is 0 Å². The van der Waals surface area contributed by atoms with E-state index in [2.05, 4.69) is 10.2 Å². The third-order valence-corrected chi connectivity index (χ3v) is 2.08. The normalized spacial score (nSPS) is 16.0. The van der Waals surface area contributed by atoms with Crippen LogP contribution in [-0.4, -0.2) is 16.0 Å². The van der Waals surface area contributed by atoms with Crippen LogP contribution in [0.25, 0.3) is 0 Å². The monoisotopic (exact) mass is 162 g/mol. The van der Waals surface area contributed by atoms with Gasteiger partial charge in [0.1, 0.15) is 0 Å². The fourth-order valence-corrected chi connectivity index (χ4v) is 1.16. The molecular weight excluding hydrogens is 152 g/mol. The van der Waals surface area contributed by atoms with E-state index in [9.17, 15) is 4.79 Å². The Kier molecular flexibility index (Phi) is 1.86. The van der Waals surface area contributed by atoms with Crippen LogP contribution in [0, 0.1) is 5.92 Å². The third-order valence-electron chi connectivity index (χ3n) is 2.08. The molecule has 0 atom stereocenters. The number of carbonyl (C=O) groups excluding carboxylic acids is 1. The smallest absolute Gasteiger partial charge is 0.164 e. The highest BCUT2D eigenvalue weighted by molar-refractivity contribution is 5.95. The molecule has 0 bridgehead atoms. The first-order chi connectivity index (χ1) is 5.86. The molecule has 0 saturated heterocycles. The molecule has 0 aliphatic heterocycles. The van der Waals surface area contributed by atoms with Crippen LogP contribution in [0.3, 0.4) is 0 Å². The zero-order valence-electron chi connectivity index (χ0n) is 6.73. The van der Waals surface area contributed by atoms with Crippen LogP contribution in [0.5, 0.6) is 0 Å². The minimum atomic E-state index is 0.201. The van der Waals surface area contributed by atoms with E-state index in [-0.39, 0.29) is 5.78 Å². The van der Waals surface area contributed by atoms with Crippen LogP contribution in [0.2, 0.25) is 0 Å². The van der Waals surface area contributed by atoms with Gasteiger partial charge in [-0.1, -0.05) is 0 Å². The van der Waals surface area contributed by atoms with Crippen LogP contribution in [0.15, 0.2) is 18.5 Å². The molecule has 3 heteroatoms. The molecule has 0 aromatic carbocycles. The molecule has 12 heavy (non-hydrogen) atoms. The molecule has 1 heterocycles. The van der Waals surface area contributed by atoms with Crippen molar-refractivity contribution in [2.45, 2.75) is 19.3 Å². The predicted octanol–water partition coefficient (Wildman–Crippen LogP) is 1.46. The summed E-state index contributed by atoms with van der Waals surface area (Å²) in [7, 11) is 0. The van der Waals surface area contributed by atoms with E-state index >= 15 is 0 Å². The maximum absolute atomic E-state index is 11.4. The molecule has 0 unspecified atom stereocenters. The predicted molar refractivity (Wildman–Crippen MR) is 43.7 cm³/mol. The van der Waals surface area contributed by atoms with Gasteiger partial charge in [0, 0.05) is 12.0 Å². The lowest BCUT2D eigenvalue weighted by Crippen LogP contribution is -2.00. The average molecular weight is 162 g/mol. The molecule has 0 spiro atoms. The van der Waals surface area contributed by atoms with E-state index < -0.39 is 0 Å². The van der Waals surface area contributed by atoms with Crippen molar-refractivity contribution < 1.29 is 4.79 Å². The Bertz CT molecular complexity index is 280. The first-order valence-corrected chi connectivity index (χ1v) is 4.16. The van der Waals surface area contributed by atoms with Crippen LogP contribution in [-0.2, 0) is 0 Å². The summed E-state index contributed by atoms with van der Waals surface area (Å²) in [5.74, 6) is 0.845. The Labute approximate surface area is 70.8 Å². The molecule has 2 rings (SSSR count). The van der Waals surface area contributed by atoms with Crippen LogP contribution in [0.1, 0.15) is 29.6 Å². The number of rotatable bonds is 3. The standard InChI is InChI=1S/C9H10N2O/c12-9(5-7-1-2-7)8-3-4-10-11-6-8/h3-4,6-7H,1-2,5H2. The molecule has 0 N–H and O–H groups in total. The van der Waals surface area contributed by atoms with Crippen molar-refractivity contribution >= 4 is 5.78 Å². The lowest BCUT2D eigenvalue weighted by Gasteiger charge is -1.96. The third kappa shape index (κ3) is 1.67. The molecule has 1 aromatic rings. The van der Waals surface area contributed by atoms with E-state index in [4.69, 9.17) is 0 Å². The van der Waals surface area contributed by atoms with E-state index in [0.29, 0.717) is 17.9 Å². The highest BCUT2D eigenvalue weighted by atomic mass is 16.1. The summed E-state index contributed by atoms with van der Waals surface area (Å²) < 4.78 is 0. The lowest BCUT2D eigenvalue weighted by atomic mass is 10.1. The summed E-state index contributed by atoms with van der Waals surface area (Å²) in [6.45, 7) is 0. The molecule has 1 saturated carbocycles. The van der Waals surface area contributed by atoms with E-state index in [1.54, 1.807) is 12.3 Å². The topological polar surface area (TPSA) is 42.9 Å². The summed E-state index contributed by atoms with van der Waals surface area (Å²) in [6.07, 6.45) is 6.20. The van der Waals surface area contributed by atoms with Crippen molar-refractivity contribution in [3.8, 4) is 0 Å². The SMILES string of the molecule is O=C(CC1CC1)c1ccnnc1. The number of carbonyl (C=O) groups is 1. The zero-order chi connectivity index (χ0) is 8.39. The van der Waals surface area contributed by atoms with Gasteiger partial charge in [0.2, 0.25) is 0 Å². The van der Waals surface area contributed by atoms with Crippen molar-refractivity contribution in [1.82, 2.24) is 10.2 Å². The fraction of sp³-hybridized carbons (Fsp3) is 0.444. The van der Waals surface area contributed by atoms with Gasteiger partial charge in [0.25, 0.3) is 0 Å². The fourth-order valence-electron chi connectivity index (χ4n) is 1.16. The molecule has 1 aliphatic rings. The highest BCUT2D eigenvalue weighted by Gasteiger charge is 2.24. The Morgan fingerprint density at radius 1 is 1.50 bits per heavy atom. The Balaban J connectivity index is 2.03. The van der Waals surface area contributed by atoms with Crippen molar-refractivity contribution in [3.63, 3.8) is 0 Å². The van der Waals surface area contributed by atoms with E-state index in [1.165, 1.54) is 19.0 Å². The minimum Gasteiger partial charge on any atom is -0.294 e. The van der Waals surface area contributed by atoms with Crippen molar-refractivity contribution in [2.24, 2.45) is 5.92 Å². The highest BCUT2D eigenvalue weighted by Crippen LogP contribution is 2.33. The first kappa shape index (κ1) is 7.40. The molecule has 0 radical (unpaired) electrons. The molecule has 1 fully saturated rings. The first-order valence-electron chi connectivity index (χ1n) is 4.16. The summed E-state index contributed by atoms with van der Waals surface area (Å²) >= 11 is 0. The number of hydrogen-bond acceptors (Lipinski definition) is 3. The number of nitrogens with zero attached hydrogens (tertiary/aromatic N) is 2. The second-order valence-electron chi connectivity index (χ2n) is 3.20. The summed E-state index contributed by atoms with van der Waals surface area (Å²) in [5.41, 5.74) is 0.692. The molecule has 62 valence electrons. The lowest BCUT2D eigenvalue weighted by molar-refractivity contribution is 0.0975. The Hall–Kier alpha value is -1.25. The van der Waals surface area contributed by atoms with E-state index in [0.717, 1.165) is 0 Å². The zero-order valence-corrected chi connectivity index (χ0v) is 6.73. The van der Waals surface area contributed by atoms with Gasteiger partial charge in [-0.15, -0.1) is 0 Å². The van der Waals surface area contributed by atoms with Gasteiger partial charge in [-0.3, -0.25) is 4.79 Å². The summed E-state index contributed by atoms with van der Waals surface area (Å²) in [5, 5.41) is 7.28. The van der Waals surface area contributed by atoms with Crippen molar-refractivity contribution in [3.05, 3.63) is 24.0 Å². The minimum absolute atomic E-state index is 0.201. The van der Waals surface area contributed by atoms with Crippen LogP contribution < -0.4 is 0 Å². The number of hydrogen-bond donors (Lipinski definition) is 0. The number of aromatic nitrogens is 2. The molecule has 0 amide bonds. The molecule has 3 nitrogen and oxygen atoms in total. The van der Waals surface area contributed by atoms with Gasteiger partial charge < -0.3 is 0 Å². The molecular formula is C9H10N2O. The quantitative estimate of drug-likeness (QED) is 0.632. The van der Waals surface area contributed by atoms with Gasteiger partial charge in [0.05, 0.1) is 12.4 Å². The van der Waals surface area contributed by atoms with Gasteiger partial charge in [-0.05, 0) is 24.8 Å². The number of Topliss-reactive ketones (excluding diaryl/α,β-unsaturated/α-hetero) is 1. The maximum Gasteiger partial charge on any atom is 0.164 e. The van der Waals surface area contributed by atoms with Gasteiger partial charge in [0.15, 0.2) is 5.78 Å². The average Bonchev–Trinajstić information content (AvgIpc) is 2.90. The largest absolute Gasteiger partial charge is 0.294 e. The second kappa shape index (κ2) is 3.01. The van der Waals surface area contributed by atoms with Gasteiger partial charge in [-0.2, -0.15) is 10.2 Å². The van der Waals surface area contributed by atoms with E-state index in [1.807, 2.05) is 0 Å². The Morgan fingerprint density at radius 3 is 2.92 bits per heavy atom. The summed E-state index contributed by atoms with van der Waals surface area (Å²) in [6, 6.07) is 1.72. The Morgan fingerprint density at radius 2 is 2.33 bits per heavy atom.